The Bertz CT molecular complexity index is 752. The summed E-state index contributed by atoms with van der Waals surface area (Å²) in [6, 6.07) is 10.6. The van der Waals surface area contributed by atoms with Crippen LogP contribution < -0.4 is 10.1 Å². The van der Waals surface area contributed by atoms with E-state index in [1.807, 2.05) is 43.9 Å². The number of benzene rings is 1. The molecule has 0 unspecified atom stereocenters. The SMILES string of the molecule is Cc1ccc2cccc(OCCNC3CCN(C(=O)C(C)C)CC3)c2n1. The molecule has 1 aromatic heterocycles. The number of nitrogens with one attached hydrogen (secondary N) is 1. The van der Waals surface area contributed by atoms with Gasteiger partial charge in [-0.15, -0.1) is 0 Å². The minimum absolute atomic E-state index is 0.0888. The van der Waals surface area contributed by atoms with E-state index in [-0.39, 0.29) is 11.8 Å². The number of para-hydroxylation sites is 1. The molecule has 0 spiro atoms. The maximum atomic E-state index is 12.0. The van der Waals surface area contributed by atoms with Crippen LogP contribution in [-0.4, -0.2) is 48.1 Å². The highest BCUT2D eigenvalue weighted by molar-refractivity contribution is 5.84. The Balaban J connectivity index is 1.44. The molecule has 1 aliphatic heterocycles. The van der Waals surface area contributed by atoms with Crippen LogP contribution in [0.5, 0.6) is 5.75 Å². The number of carbonyl (C=O) groups is 1. The minimum Gasteiger partial charge on any atom is -0.490 e. The largest absolute Gasteiger partial charge is 0.490 e. The average Bonchev–Trinajstić information content (AvgIpc) is 2.65. The molecule has 0 radical (unpaired) electrons. The van der Waals surface area contributed by atoms with Crippen molar-refractivity contribution >= 4 is 16.8 Å². The number of carbonyl (C=O) groups excluding carboxylic acids is 1. The number of hydrogen-bond acceptors (Lipinski definition) is 4. The van der Waals surface area contributed by atoms with E-state index < -0.39 is 0 Å². The third-order valence-corrected chi connectivity index (χ3v) is 4.92. The second-order valence-corrected chi connectivity index (χ2v) is 7.34. The van der Waals surface area contributed by atoms with E-state index in [2.05, 4.69) is 22.4 Å². The van der Waals surface area contributed by atoms with E-state index in [9.17, 15) is 4.79 Å². The standard InChI is InChI=1S/C21H29N3O2/c1-15(2)21(25)24-12-9-18(10-13-24)22-11-14-26-19-6-4-5-17-8-7-16(3)23-20(17)19/h4-8,15,18,22H,9-14H2,1-3H3. The molecule has 1 aromatic carbocycles. The van der Waals surface area contributed by atoms with Crippen molar-refractivity contribution in [1.29, 1.82) is 0 Å². The lowest BCUT2D eigenvalue weighted by atomic mass is 10.0. The maximum Gasteiger partial charge on any atom is 0.225 e. The number of pyridine rings is 1. The lowest BCUT2D eigenvalue weighted by Gasteiger charge is -2.33. The number of amides is 1. The first-order chi connectivity index (χ1) is 12.5. The molecular weight excluding hydrogens is 326 g/mol. The van der Waals surface area contributed by atoms with Gasteiger partial charge >= 0.3 is 0 Å². The van der Waals surface area contributed by atoms with E-state index >= 15 is 0 Å². The monoisotopic (exact) mass is 355 g/mol. The van der Waals surface area contributed by atoms with Crippen LogP contribution >= 0.6 is 0 Å². The van der Waals surface area contributed by atoms with Gasteiger partial charge in [0.05, 0.1) is 0 Å². The molecule has 140 valence electrons. The summed E-state index contributed by atoms with van der Waals surface area (Å²) >= 11 is 0. The Hall–Kier alpha value is -2.14. The van der Waals surface area contributed by atoms with Gasteiger partial charge in [0.15, 0.2) is 0 Å². The number of aryl methyl sites for hydroxylation is 1. The summed E-state index contributed by atoms with van der Waals surface area (Å²) in [4.78, 5) is 18.6. The summed E-state index contributed by atoms with van der Waals surface area (Å²) in [6.07, 6.45) is 2.01. The van der Waals surface area contributed by atoms with Crippen molar-refractivity contribution in [2.45, 2.75) is 39.7 Å². The second-order valence-electron chi connectivity index (χ2n) is 7.34. The molecule has 5 heteroatoms. The third-order valence-electron chi connectivity index (χ3n) is 4.92. The van der Waals surface area contributed by atoms with Crippen molar-refractivity contribution in [3.05, 3.63) is 36.0 Å². The first-order valence-corrected chi connectivity index (χ1v) is 9.56. The fraction of sp³-hybridized carbons (Fsp3) is 0.524. The molecule has 5 nitrogen and oxygen atoms in total. The first kappa shape index (κ1) is 18.6. The molecule has 0 bridgehead atoms. The Labute approximate surface area is 155 Å². The molecular formula is C21H29N3O2. The average molecular weight is 355 g/mol. The molecule has 0 saturated carbocycles. The number of ether oxygens (including phenoxy) is 1. The van der Waals surface area contributed by atoms with Crippen LogP contribution in [0, 0.1) is 12.8 Å². The first-order valence-electron chi connectivity index (χ1n) is 9.56. The van der Waals surface area contributed by atoms with Gasteiger partial charge < -0.3 is 15.0 Å². The van der Waals surface area contributed by atoms with E-state index in [1.165, 1.54) is 0 Å². The number of aromatic nitrogens is 1. The van der Waals surface area contributed by atoms with Gasteiger partial charge in [-0.2, -0.15) is 0 Å². The van der Waals surface area contributed by atoms with Crippen molar-refractivity contribution in [1.82, 2.24) is 15.2 Å². The molecule has 1 saturated heterocycles. The van der Waals surface area contributed by atoms with Crippen molar-refractivity contribution in [3.8, 4) is 5.75 Å². The summed E-state index contributed by atoms with van der Waals surface area (Å²) in [6.45, 7) is 9.03. The van der Waals surface area contributed by atoms with E-state index in [1.54, 1.807) is 0 Å². The Morgan fingerprint density at radius 1 is 1.27 bits per heavy atom. The van der Waals surface area contributed by atoms with Gasteiger partial charge in [-0.25, -0.2) is 4.98 Å². The van der Waals surface area contributed by atoms with Crippen molar-refractivity contribution in [2.75, 3.05) is 26.2 Å². The highest BCUT2D eigenvalue weighted by atomic mass is 16.5. The fourth-order valence-corrected chi connectivity index (χ4v) is 3.43. The quantitative estimate of drug-likeness (QED) is 0.809. The van der Waals surface area contributed by atoms with Gasteiger partial charge in [0, 0.05) is 42.7 Å². The number of likely N-dealkylation sites (tertiary alicyclic amines) is 1. The third kappa shape index (κ3) is 4.52. The summed E-state index contributed by atoms with van der Waals surface area (Å²) in [5, 5.41) is 4.66. The van der Waals surface area contributed by atoms with Crippen LogP contribution in [0.1, 0.15) is 32.4 Å². The molecule has 1 N–H and O–H groups in total. The summed E-state index contributed by atoms with van der Waals surface area (Å²) in [7, 11) is 0. The zero-order chi connectivity index (χ0) is 18.5. The predicted octanol–water partition coefficient (Wildman–Crippen LogP) is 3.16. The maximum absolute atomic E-state index is 12.0. The van der Waals surface area contributed by atoms with Gasteiger partial charge in [0.2, 0.25) is 5.91 Å². The Morgan fingerprint density at radius 2 is 2.04 bits per heavy atom. The van der Waals surface area contributed by atoms with Gasteiger partial charge in [0.1, 0.15) is 17.9 Å². The molecule has 3 rings (SSSR count). The topological polar surface area (TPSA) is 54.5 Å². The van der Waals surface area contributed by atoms with Crippen LogP contribution in [0.4, 0.5) is 0 Å². The van der Waals surface area contributed by atoms with Crippen molar-refractivity contribution in [3.63, 3.8) is 0 Å². The fourth-order valence-electron chi connectivity index (χ4n) is 3.43. The smallest absolute Gasteiger partial charge is 0.225 e. The van der Waals surface area contributed by atoms with Crippen LogP contribution in [0.25, 0.3) is 10.9 Å². The van der Waals surface area contributed by atoms with E-state index in [0.717, 1.165) is 54.8 Å². The zero-order valence-electron chi connectivity index (χ0n) is 16.0. The van der Waals surface area contributed by atoms with Crippen LogP contribution in [0.2, 0.25) is 0 Å². The van der Waals surface area contributed by atoms with E-state index in [4.69, 9.17) is 4.74 Å². The molecule has 1 fully saturated rings. The highest BCUT2D eigenvalue weighted by Crippen LogP contribution is 2.23. The van der Waals surface area contributed by atoms with Gasteiger partial charge in [-0.05, 0) is 31.9 Å². The Kier molecular flexibility index (Phi) is 6.09. The number of piperidine rings is 1. The van der Waals surface area contributed by atoms with E-state index in [0.29, 0.717) is 12.6 Å². The van der Waals surface area contributed by atoms with Gasteiger partial charge in [-0.3, -0.25) is 4.79 Å². The Morgan fingerprint density at radius 3 is 2.77 bits per heavy atom. The zero-order valence-corrected chi connectivity index (χ0v) is 16.0. The number of hydrogen-bond donors (Lipinski definition) is 1. The van der Waals surface area contributed by atoms with Gasteiger partial charge in [-0.1, -0.05) is 32.0 Å². The molecule has 26 heavy (non-hydrogen) atoms. The van der Waals surface area contributed by atoms with Crippen LogP contribution in [-0.2, 0) is 4.79 Å². The minimum atomic E-state index is 0.0888. The van der Waals surface area contributed by atoms with Crippen LogP contribution in [0.3, 0.4) is 0 Å². The molecule has 0 aliphatic carbocycles. The number of rotatable bonds is 6. The molecule has 0 atom stereocenters. The van der Waals surface area contributed by atoms with Crippen LogP contribution in [0.15, 0.2) is 30.3 Å². The molecule has 2 aromatic rings. The van der Waals surface area contributed by atoms with Crippen molar-refractivity contribution in [2.24, 2.45) is 5.92 Å². The van der Waals surface area contributed by atoms with Gasteiger partial charge in [0.25, 0.3) is 0 Å². The molecule has 1 aliphatic rings. The summed E-state index contributed by atoms with van der Waals surface area (Å²) < 4.78 is 5.97. The normalized spacial score (nSPS) is 15.6. The highest BCUT2D eigenvalue weighted by Gasteiger charge is 2.23. The number of fused-ring (bicyclic) bond motifs is 1. The molecule has 1 amide bonds. The summed E-state index contributed by atoms with van der Waals surface area (Å²) in [5.41, 5.74) is 1.92. The summed E-state index contributed by atoms with van der Waals surface area (Å²) in [5.74, 6) is 1.20. The molecule has 2 heterocycles. The number of nitrogens with zero attached hydrogens (tertiary/aromatic N) is 2. The van der Waals surface area contributed by atoms with Crippen molar-refractivity contribution < 1.29 is 9.53 Å². The lowest BCUT2D eigenvalue weighted by Crippen LogP contribution is -2.46. The predicted molar refractivity (Wildman–Crippen MR) is 104 cm³/mol. The second kappa shape index (κ2) is 8.49. The lowest BCUT2D eigenvalue weighted by molar-refractivity contribution is -0.135.